The summed E-state index contributed by atoms with van der Waals surface area (Å²) < 4.78 is 5.31. The fraction of sp³-hybridized carbons (Fsp3) is 0.393. The summed E-state index contributed by atoms with van der Waals surface area (Å²) in [6.45, 7) is 7.53. The summed E-state index contributed by atoms with van der Waals surface area (Å²) in [5.41, 5.74) is 2.67. The number of likely N-dealkylation sites (N-methyl/N-ethyl adjacent to an activating group) is 1. The molecule has 2 N–H and O–H groups in total. The molecule has 2 amide bonds. The molecular weight excluding hydrogens is 470 g/mol. The van der Waals surface area contributed by atoms with Crippen LogP contribution >= 0.6 is 0 Å². The minimum Gasteiger partial charge on any atom is -0.464 e. The molecule has 9 nitrogen and oxygen atoms in total. The minimum atomic E-state index is -0.715. The number of unbranched alkanes of at least 4 members (excludes halogenated alkanes) is 1. The highest BCUT2D eigenvalue weighted by molar-refractivity contribution is 5.97. The van der Waals surface area contributed by atoms with Crippen LogP contribution in [0.15, 0.2) is 58.8 Å². The monoisotopic (exact) mass is 505 g/mol. The quantitative estimate of drug-likeness (QED) is 0.223. The van der Waals surface area contributed by atoms with Crippen LogP contribution in [0.1, 0.15) is 50.4 Å². The summed E-state index contributed by atoms with van der Waals surface area (Å²) in [6, 6.07) is 13.5. The fourth-order valence-corrected chi connectivity index (χ4v) is 3.29. The van der Waals surface area contributed by atoms with Crippen LogP contribution in [-0.4, -0.2) is 50.1 Å². The minimum absolute atomic E-state index is 0.106. The lowest BCUT2D eigenvalue weighted by atomic mass is 10.2. The van der Waals surface area contributed by atoms with Gasteiger partial charge in [-0.05, 0) is 68.8 Å². The van der Waals surface area contributed by atoms with E-state index in [1.54, 1.807) is 31.2 Å². The number of anilines is 1. The largest absolute Gasteiger partial charge is 0.464 e. The van der Waals surface area contributed by atoms with Gasteiger partial charge in [-0.25, -0.2) is 0 Å². The molecule has 196 valence electrons. The molecule has 0 unspecified atom stereocenters. The Morgan fingerprint density at radius 2 is 1.65 bits per heavy atom. The third-order valence-corrected chi connectivity index (χ3v) is 5.47. The van der Waals surface area contributed by atoms with Gasteiger partial charge in [0.1, 0.15) is 12.6 Å². The zero-order valence-corrected chi connectivity index (χ0v) is 21.7. The summed E-state index contributed by atoms with van der Waals surface area (Å²) in [5.74, 6) is 1.43. The SMILES string of the molecule is C#CCNC(=O)[C@H](C)NC(=O)c1ccc(N=Nc2ccc(N(CC)CCOC(=O)CCCC)cc2)cc1. The van der Waals surface area contributed by atoms with E-state index in [0.29, 0.717) is 36.5 Å². The average molecular weight is 506 g/mol. The van der Waals surface area contributed by atoms with Gasteiger partial charge < -0.3 is 20.3 Å². The average Bonchev–Trinajstić information content (AvgIpc) is 2.92. The second-order valence-electron chi connectivity index (χ2n) is 8.28. The van der Waals surface area contributed by atoms with E-state index in [9.17, 15) is 14.4 Å². The smallest absolute Gasteiger partial charge is 0.305 e. The highest BCUT2D eigenvalue weighted by atomic mass is 16.5. The second kappa shape index (κ2) is 15.7. The van der Waals surface area contributed by atoms with Crippen LogP contribution in [0.3, 0.4) is 0 Å². The zero-order valence-electron chi connectivity index (χ0n) is 21.7. The van der Waals surface area contributed by atoms with Crippen molar-refractivity contribution < 1.29 is 19.1 Å². The lowest BCUT2D eigenvalue weighted by molar-refractivity contribution is -0.143. The molecule has 1 atom stereocenters. The van der Waals surface area contributed by atoms with Crippen LogP contribution in [0.4, 0.5) is 17.1 Å². The van der Waals surface area contributed by atoms with Crippen LogP contribution in [0.2, 0.25) is 0 Å². The van der Waals surface area contributed by atoms with Gasteiger partial charge in [-0.1, -0.05) is 19.3 Å². The van der Waals surface area contributed by atoms with Gasteiger partial charge in [0, 0.05) is 24.2 Å². The van der Waals surface area contributed by atoms with Crippen molar-refractivity contribution in [3.8, 4) is 12.3 Å². The molecule has 0 radical (unpaired) electrons. The van der Waals surface area contributed by atoms with E-state index in [2.05, 4.69) is 31.7 Å². The van der Waals surface area contributed by atoms with E-state index < -0.39 is 6.04 Å². The maximum Gasteiger partial charge on any atom is 0.305 e. The molecule has 2 aromatic rings. The number of rotatable bonds is 14. The predicted octanol–water partition coefficient (Wildman–Crippen LogP) is 4.53. The summed E-state index contributed by atoms with van der Waals surface area (Å²) in [7, 11) is 0. The van der Waals surface area contributed by atoms with Crippen molar-refractivity contribution in [1.82, 2.24) is 10.6 Å². The first-order chi connectivity index (χ1) is 17.9. The number of benzene rings is 2. The topological polar surface area (TPSA) is 112 Å². The third-order valence-electron chi connectivity index (χ3n) is 5.47. The molecule has 37 heavy (non-hydrogen) atoms. The van der Waals surface area contributed by atoms with Crippen molar-refractivity contribution >= 4 is 34.8 Å². The molecule has 0 aliphatic heterocycles. The number of amides is 2. The van der Waals surface area contributed by atoms with Crippen molar-refractivity contribution in [3.63, 3.8) is 0 Å². The molecule has 0 heterocycles. The van der Waals surface area contributed by atoms with Gasteiger partial charge in [0.15, 0.2) is 0 Å². The van der Waals surface area contributed by atoms with Gasteiger partial charge in [0.2, 0.25) is 5.91 Å². The Morgan fingerprint density at radius 3 is 2.22 bits per heavy atom. The highest BCUT2D eigenvalue weighted by Crippen LogP contribution is 2.22. The normalized spacial score (nSPS) is 11.4. The molecule has 0 saturated heterocycles. The third kappa shape index (κ3) is 10.1. The number of hydrogen-bond donors (Lipinski definition) is 2. The highest BCUT2D eigenvalue weighted by Gasteiger charge is 2.16. The molecule has 0 fully saturated rings. The maximum absolute atomic E-state index is 12.4. The van der Waals surface area contributed by atoms with Gasteiger partial charge in [-0.3, -0.25) is 14.4 Å². The molecular formula is C28H35N5O4. The van der Waals surface area contributed by atoms with Crippen molar-refractivity contribution in [2.75, 3.05) is 31.1 Å². The number of azo groups is 1. The summed E-state index contributed by atoms with van der Waals surface area (Å²) in [5, 5.41) is 13.6. The van der Waals surface area contributed by atoms with Crippen LogP contribution in [0, 0.1) is 12.3 Å². The van der Waals surface area contributed by atoms with Gasteiger partial charge >= 0.3 is 5.97 Å². The molecule has 0 saturated carbocycles. The van der Waals surface area contributed by atoms with Crippen molar-refractivity contribution in [2.45, 2.75) is 46.1 Å². The Balaban J connectivity index is 1.89. The first kappa shape index (κ1) is 29.0. The van der Waals surface area contributed by atoms with E-state index in [1.807, 2.05) is 38.1 Å². The number of nitrogens with one attached hydrogen (secondary N) is 2. The molecule has 0 aliphatic rings. The van der Waals surface area contributed by atoms with Crippen LogP contribution < -0.4 is 15.5 Å². The summed E-state index contributed by atoms with van der Waals surface area (Å²) >= 11 is 0. The zero-order chi connectivity index (χ0) is 27.0. The second-order valence-corrected chi connectivity index (χ2v) is 8.28. The van der Waals surface area contributed by atoms with Gasteiger partial charge in [-0.15, -0.1) is 6.42 Å². The Morgan fingerprint density at radius 1 is 1.03 bits per heavy atom. The number of carbonyl (C=O) groups excluding carboxylic acids is 3. The lowest BCUT2D eigenvalue weighted by Crippen LogP contribution is -2.44. The van der Waals surface area contributed by atoms with Gasteiger partial charge in [-0.2, -0.15) is 10.2 Å². The number of esters is 1. The summed E-state index contributed by atoms with van der Waals surface area (Å²) in [6.07, 6.45) is 7.40. The lowest BCUT2D eigenvalue weighted by Gasteiger charge is -2.22. The van der Waals surface area contributed by atoms with Crippen LogP contribution in [-0.2, 0) is 14.3 Å². The van der Waals surface area contributed by atoms with E-state index >= 15 is 0 Å². The standard InChI is InChI=1S/C28H35N5O4/c1-5-8-9-26(34)37-20-19-33(7-3)25-16-14-24(15-17-25)32-31-23-12-10-22(11-13-23)28(36)30-21(4)27(35)29-18-6-2/h2,10-17,21H,5,7-9,18-20H2,1,3-4H3,(H,29,35)(H,30,36)/t21-/m0/s1. The predicted molar refractivity (Wildman–Crippen MR) is 144 cm³/mol. The number of terminal acetylenes is 1. The van der Waals surface area contributed by atoms with Crippen molar-refractivity contribution in [2.24, 2.45) is 10.2 Å². The first-order valence-electron chi connectivity index (χ1n) is 12.4. The van der Waals surface area contributed by atoms with Crippen LogP contribution in [0.5, 0.6) is 0 Å². The van der Waals surface area contributed by atoms with E-state index in [0.717, 1.165) is 25.1 Å². The maximum atomic E-state index is 12.4. The fourth-order valence-electron chi connectivity index (χ4n) is 3.29. The molecule has 0 bridgehead atoms. The van der Waals surface area contributed by atoms with Crippen molar-refractivity contribution in [1.29, 1.82) is 0 Å². The number of nitrogens with zero attached hydrogens (tertiary/aromatic N) is 3. The molecule has 2 rings (SSSR count). The molecule has 0 aromatic heterocycles. The van der Waals surface area contributed by atoms with E-state index in [1.165, 1.54) is 0 Å². The Hall–Kier alpha value is -4.19. The number of carbonyl (C=O) groups is 3. The number of hydrogen-bond acceptors (Lipinski definition) is 7. The van der Waals surface area contributed by atoms with Crippen molar-refractivity contribution in [3.05, 3.63) is 54.1 Å². The molecule has 0 aliphatic carbocycles. The molecule has 9 heteroatoms. The Bertz CT molecular complexity index is 1090. The Labute approximate surface area is 218 Å². The number of ether oxygens (including phenoxy) is 1. The summed E-state index contributed by atoms with van der Waals surface area (Å²) in [4.78, 5) is 38.0. The van der Waals surface area contributed by atoms with Gasteiger partial charge in [0.25, 0.3) is 5.91 Å². The first-order valence-corrected chi connectivity index (χ1v) is 12.4. The Kier molecular flexibility index (Phi) is 12.3. The molecule has 0 spiro atoms. The van der Waals surface area contributed by atoms with Gasteiger partial charge in [0.05, 0.1) is 24.5 Å². The van der Waals surface area contributed by atoms with E-state index in [-0.39, 0.29) is 24.3 Å². The van der Waals surface area contributed by atoms with E-state index in [4.69, 9.17) is 11.2 Å². The molecule has 2 aromatic carbocycles. The van der Waals surface area contributed by atoms with Crippen LogP contribution in [0.25, 0.3) is 0 Å².